The van der Waals surface area contributed by atoms with Crippen LogP contribution >= 0.6 is 0 Å². The van der Waals surface area contributed by atoms with Gasteiger partial charge in [-0.1, -0.05) is 128 Å². The van der Waals surface area contributed by atoms with Crippen LogP contribution in [0.4, 0.5) is 0 Å². The molecule has 8 heteroatoms. The van der Waals surface area contributed by atoms with Crippen molar-refractivity contribution in [3.63, 3.8) is 0 Å². The molecule has 1 aliphatic rings. The number of aromatic nitrogens is 2. The summed E-state index contributed by atoms with van der Waals surface area (Å²) in [4.78, 5) is 24.4. The molecule has 5 atom stereocenters. The molecular formula is C48H46N4O4. The zero-order chi connectivity index (χ0) is 38.6. The standard InChI is InChI=1S/C48H46N4O4/c1-31-45(29-52(3)32(2)38-25-20-34-10-4-5-11-39(34)26-38)55-48(56-46(31)36-18-16-33(30-53)17-19-36)37-23-21-35(22-24-37)41-13-7-6-12-40(41)27-50-47(54)44-28-49-42-14-8-9-15-43(42)51-44/h4-26,28,31-32,45-46,48,53H,27,29-30H2,1-3H3,(H,50,54)/t31-,32-,45+,46+,48+/m1/s1. The van der Waals surface area contributed by atoms with Gasteiger partial charge in [-0.2, -0.15) is 0 Å². The highest BCUT2D eigenvalue weighted by Gasteiger charge is 2.39. The molecule has 1 aliphatic heterocycles. The van der Waals surface area contributed by atoms with Crippen molar-refractivity contribution < 1.29 is 19.4 Å². The minimum absolute atomic E-state index is 0.00579. The third-order valence-electron chi connectivity index (χ3n) is 11.1. The Morgan fingerprint density at radius 3 is 2.29 bits per heavy atom. The Hall–Kier alpha value is -5.77. The van der Waals surface area contributed by atoms with Gasteiger partial charge in [-0.15, -0.1) is 0 Å². The van der Waals surface area contributed by atoms with Gasteiger partial charge in [-0.05, 0) is 76.3 Å². The first-order valence-corrected chi connectivity index (χ1v) is 19.2. The van der Waals surface area contributed by atoms with Crippen LogP contribution in [0.15, 0.2) is 146 Å². The number of hydrogen-bond donors (Lipinski definition) is 2. The van der Waals surface area contributed by atoms with Crippen molar-refractivity contribution in [2.45, 2.75) is 51.5 Å². The van der Waals surface area contributed by atoms with Gasteiger partial charge >= 0.3 is 0 Å². The van der Waals surface area contributed by atoms with E-state index in [1.807, 2.05) is 54.6 Å². The molecule has 1 saturated heterocycles. The largest absolute Gasteiger partial charge is 0.392 e. The van der Waals surface area contributed by atoms with Gasteiger partial charge in [-0.3, -0.25) is 14.7 Å². The molecule has 7 aromatic rings. The number of aliphatic hydroxyl groups excluding tert-OH is 1. The number of para-hydroxylation sites is 2. The third kappa shape index (κ3) is 7.96. The first kappa shape index (κ1) is 37.2. The highest BCUT2D eigenvalue weighted by Crippen LogP contribution is 2.42. The summed E-state index contributed by atoms with van der Waals surface area (Å²) < 4.78 is 13.6. The fraction of sp³-hybridized carbons (Fsp3) is 0.229. The van der Waals surface area contributed by atoms with Crippen molar-refractivity contribution in [1.82, 2.24) is 20.2 Å². The van der Waals surface area contributed by atoms with Crippen molar-refractivity contribution in [2.24, 2.45) is 5.92 Å². The summed E-state index contributed by atoms with van der Waals surface area (Å²) in [5.74, 6) is -0.221. The molecule has 8 rings (SSSR count). The third-order valence-corrected chi connectivity index (χ3v) is 11.1. The number of carbonyl (C=O) groups excluding carboxylic acids is 1. The van der Waals surface area contributed by atoms with Crippen molar-refractivity contribution >= 4 is 27.7 Å². The highest BCUT2D eigenvalue weighted by atomic mass is 16.7. The maximum absolute atomic E-state index is 13.1. The summed E-state index contributed by atoms with van der Waals surface area (Å²) in [7, 11) is 2.16. The maximum atomic E-state index is 13.1. The second kappa shape index (κ2) is 16.5. The van der Waals surface area contributed by atoms with Crippen molar-refractivity contribution in [1.29, 1.82) is 0 Å². The van der Waals surface area contributed by atoms with Gasteiger partial charge in [0.25, 0.3) is 5.91 Å². The van der Waals surface area contributed by atoms with Crippen LogP contribution in [0, 0.1) is 5.92 Å². The van der Waals surface area contributed by atoms with E-state index in [2.05, 4.69) is 126 Å². The van der Waals surface area contributed by atoms with E-state index in [9.17, 15) is 9.90 Å². The van der Waals surface area contributed by atoms with Crippen LogP contribution in [-0.2, 0) is 22.6 Å². The molecule has 282 valence electrons. The smallest absolute Gasteiger partial charge is 0.271 e. The minimum Gasteiger partial charge on any atom is -0.392 e. The van der Waals surface area contributed by atoms with Crippen LogP contribution in [0.5, 0.6) is 0 Å². The topological polar surface area (TPSA) is 96.8 Å². The molecule has 0 bridgehead atoms. The van der Waals surface area contributed by atoms with Crippen molar-refractivity contribution in [3.8, 4) is 11.1 Å². The van der Waals surface area contributed by atoms with Crippen LogP contribution < -0.4 is 5.32 Å². The molecule has 0 saturated carbocycles. The van der Waals surface area contributed by atoms with Crippen LogP contribution in [0.2, 0.25) is 0 Å². The SMILES string of the molecule is C[C@@H]1[C@H](CN(C)[C@H](C)c2ccc3ccccc3c2)O[C@H](c2ccc(-c3ccccc3CNC(=O)c3cnc4ccccc4n3)cc2)O[C@@H]1c1ccc(CO)cc1. The highest BCUT2D eigenvalue weighted by molar-refractivity contribution is 5.93. The fourth-order valence-corrected chi connectivity index (χ4v) is 7.60. The molecular weight excluding hydrogens is 697 g/mol. The second-order valence-corrected chi connectivity index (χ2v) is 14.7. The lowest BCUT2D eigenvalue weighted by Gasteiger charge is -2.43. The number of rotatable bonds is 11. The first-order chi connectivity index (χ1) is 27.3. The molecule has 8 nitrogen and oxygen atoms in total. The van der Waals surface area contributed by atoms with E-state index in [-0.39, 0.29) is 42.4 Å². The zero-order valence-corrected chi connectivity index (χ0v) is 31.9. The second-order valence-electron chi connectivity index (χ2n) is 14.7. The number of benzene rings is 6. The zero-order valence-electron chi connectivity index (χ0n) is 31.9. The van der Waals surface area contributed by atoms with Gasteiger partial charge in [0.05, 0.1) is 36.0 Å². The van der Waals surface area contributed by atoms with E-state index in [0.29, 0.717) is 18.6 Å². The predicted octanol–water partition coefficient (Wildman–Crippen LogP) is 9.36. The normalized spacial score (nSPS) is 18.9. The lowest BCUT2D eigenvalue weighted by atomic mass is 9.89. The van der Waals surface area contributed by atoms with Crippen LogP contribution in [0.25, 0.3) is 32.9 Å². The summed E-state index contributed by atoms with van der Waals surface area (Å²) in [6.07, 6.45) is 0.587. The molecule has 6 aromatic carbocycles. The van der Waals surface area contributed by atoms with Crippen LogP contribution in [0.1, 0.15) is 70.6 Å². The average molecular weight is 743 g/mol. The van der Waals surface area contributed by atoms with Gasteiger partial charge in [0.2, 0.25) is 0 Å². The molecule has 1 aromatic heterocycles. The van der Waals surface area contributed by atoms with Gasteiger partial charge in [-0.25, -0.2) is 4.98 Å². The van der Waals surface area contributed by atoms with E-state index in [0.717, 1.165) is 38.9 Å². The van der Waals surface area contributed by atoms with Gasteiger partial charge in [0.1, 0.15) is 5.69 Å². The van der Waals surface area contributed by atoms with E-state index in [4.69, 9.17) is 9.47 Å². The average Bonchev–Trinajstić information content (AvgIpc) is 3.25. The number of fused-ring (bicyclic) bond motifs is 2. The fourth-order valence-electron chi connectivity index (χ4n) is 7.60. The lowest BCUT2D eigenvalue weighted by Crippen LogP contribution is -2.44. The summed E-state index contributed by atoms with van der Waals surface area (Å²) >= 11 is 0. The summed E-state index contributed by atoms with van der Waals surface area (Å²) in [6, 6.07) is 47.3. The van der Waals surface area contributed by atoms with E-state index < -0.39 is 6.29 Å². The number of nitrogens with one attached hydrogen (secondary N) is 1. The van der Waals surface area contributed by atoms with Gasteiger partial charge in [0.15, 0.2) is 6.29 Å². The molecule has 0 aliphatic carbocycles. The monoisotopic (exact) mass is 742 g/mol. The lowest BCUT2D eigenvalue weighted by molar-refractivity contribution is -0.276. The van der Waals surface area contributed by atoms with Crippen LogP contribution in [-0.4, -0.2) is 45.6 Å². The number of hydrogen-bond acceptors (Lipinski definition) is 7. The molecule has 56 heavy (non-hydrogen) atoms. The molecule has 1 fully saturated rings. The Kier molecular flexibility index (Phi) is 11.0. The summed E-state index contributed by atoms with van der Waals surface area (Å²) in [5, 5.41) is 15.2. The maximum Gasteiger partial charge on any atom is 0.271 e. The number of aliphatic hydroxyl groups is 1. The number of carbonyl (C=O) groups is 1. The molecule has 0 radical (unpaired) electrons. The number of ether oxygens (including phenoxy) is 2. The summed E-state index contributed by atoms with van der Waals surface area (Å²) in [5.41, 5.74) is 8.84. The Labute approximate surface area is 327 Å². The Balaban J connectivity index is 1.01. The summed E-state index contributed by atoms with van der Waals surface area (Å²) in [6.45, 7) is 5.49. The molecule has 0 unspecified atom stereocenters. The minimum atomic E-state index is -0.588. The molecule has 0 spiro atoms. The molecule has 2 heterocycles. The van der Waals surface area contributed by atoms with Crippen LogP contribution in [0.3, 0.4) is 0 Å². The van der Waals surface area contributed by atoms with Gasteiger partial charge < -0.3 is 19.9 Å². The molecule has 2 N–H and O–H groups in total. The van der Waals surface area contributed by atoms with E-state index in [1.165, 1.54) is 22.5 Å². The number of nitrogens with zero attached hydrogens (tertiary/aromatic N) is 3. The predicted molar refractivity (Wildman–Crippen MR) is 221 cm³/mol. The van der Waals surface area contributed by atoms with Crippen molar-refractivity contribution in [3.05, 3.63) is 179 Å². The van der Waals surface area contributed by atoms with Crippen molar-refractivity contribution in [2.75, 3.05) is 13.6 Å². The van der Waals surface area contributed by atoms with E-state index in [1.54, 1.807) is 0 Å². The van der Waals surface area contributed by atoms with E-state index >= 15 is 0 Å². The first-order valence-electron chi connectivity index (χ1n) is 19.2. The molecule has 1 amide bonds. The van der Waals surface area contributed by atoms with Gasteiger partial charge in [0, 0.05) is 30.6 Å². The Morgan fingerprint density at radius 1 is 0.804 bits per heavy atom. The number of amides is 1. The quantitative estimate of drug-likeness (QED) is 0.136. The number of likely N-dealkylation sites (N-methyl/N-ethyl adjacent to an activating group) is 1. The Morgan fingerprint density at radius 2 is 1.50 bits per heavy atom. The Bertz CT molecular complexity index is 2450.